The summed E-state index contributed by atoms with van der Waals surface area (Å²) in [5, 5.41) is 0.639. The van der Waals surface area contributed by atoms with Crippen molar-refractivity contribution in [2.75, 3.05) is 46.2 Å². The van der Waals surface area contributed by atoms with Gasteiger partial charge in [0.1, 0.15) is 0 Å². The van der Waals surface area contributed by atoms with E-state index in [9.17, 15) is 8.42 Å². The van der Waals surface area contributed by atoms with Crippen molar-refractivity contribution in [2.24, 2.45) is 0 Å². The summed E-state index contributed by atoms with van der Waals surface area (Å²) in [6.45, 7) is 0.924. The molecular formula is C19H26ClN5O2S. The minimum Gasteiger partial charge on any atom is -0.347 e. The fourth-order valence-corrected chi connectivity index (χ4v) is 4.78. The Kier molecular flexibility index (Phi) is 6.24. The van der Waals surface area contributed by atoms with Gasteiger partial charge in [-0.2, -0.15) is 17.0 Å². The molecule has 1 aromatic carbocycles. The van der Waals surface area contributed by atoms with Gasteiger partial charge in [-0.15, -0.1) is 0 Å². The number of piperidine rings is 1. The molecule has 2 heterocycles. The van der Waals surface area contributed by atoms with Crippen molar-refractivity contribution in [1.29, 1.82) is 0 Å². The van der Waals surface area contributed by atoms with Gasteiger partial charge >= 0.3 is 0 Å². The molecule has 3 rings (SSSR count). The third-order valence-corrected chi connectivity index (χ3v) is 7.04. The molecule has 1 atom stereocenters. The molecule has 0 spiro atoms. The average molecular weight is 424 g/mol. The predicted molar refractivity (Wildman–Crippen MR) is 113 cm³/mol. The molecule has 0 saturated carbocycles. The van der Waals surface area contributed by atoms with Crippen molar-refractivity contribution in [3.63, 3.8) is 0 Å². The van der Waals surface area contributed by atoms with Crippen LogP contribution in [-0.4, -0.2) is 68.3 Å². The molecule has 0 aliphatic carbocycles. The number of aromatic nitrogens is 2. The van der Waals surface area contributed by atoms with E-state index in [1.54, 1.807) is 18.4 Å². The zero-order chi connectivity index (χ0) is 20.5. The lowest BCUT2D eigenvalue weighted by Crippen LogP contribution is -2.45. The van der Waals surface area contributed by atoms with Gasteiger partial charge in [0.15, 0.2) is 0 Å². The predicted octanol–water partition coefficient (Wildman–Crippen LogP) is 2.85. The van der Waals surface area contributed by atoms with Crippen molar-refractivity contribution >= 4 is 27.8 Å². The second-order valence-electron chi connectivity index (χ2n) is 7.36. The monoisotopic (exact) mass is 423 g/mol. The molecule has 9 heteroatoms. The molecule has 2 aromatic rings. The van der Waals surface area contributed by atoms with E-state index in [4.69, 9.17) is 16.6 Å². The van der Waals surface area contributed by atoms with Gasteiger partial charge in [0.05, 0.1) is 5.69 Å². The fraction of sp³-hybridized carbons (Fsp3) is 0.474. The van der Waals surface area contributed by atoms with Crippen LogP contribution in [0.1, 0.15) is 24.5 Å². The number of rotatable bonds is 5. The molecule has 1 fully saturated rings. The summed E-state index contributed by atoms with van der Waals surface area (Å²) in [4.78, 5) is 11.1. The first-order valence-electron chi connectivity index (χ1n) is 9.18. The highest BCUT2D eigenvalue weighted by molar-refractivity contribution is 7.86. The quantitative estimate of drug-likeness (QED) is 0.739. The first-order chi connectivity index (χ1) is 13.2. The molecule has 152 valence electrons. The van der Waals surface area contributed by atoms with Crippen LogP contribution >= 0.6 is 11.6 Å². The number of hydrogen-bond donors (Lipinski definition) is 0. The van der Waals surface area contributed by atoms with E-state index in [0.717, 1.165) is 29.7 Å². The van der Waals surface area contributed by atoms with Crippen molar-refractivity contribution in [1.82, 2.24) is 18.6 Å². The first kappa shape index (κ1) is 21.0. The zero-order valence-electron chi connectivity index (χ0n) is 16.6. The van der Waals surface area contributed by atoms with Gasteiger partial charge in [0.25, 0.3) is 10.2 Å². The summed E-state index contributed by atoms with van der Waals surface area (Å²) in [6.07, 6.45) is 3.47. The smallest absolute Gasteiger partial charge is 0.281 e. The highest BCUT2D eigenvalue weighted by atomic mass is 35.5. The number of anilines is 1. The Morgan fingerprint density at radius 1 is 1.21 bits per heavy atom. The van der Waals surface area contributed by atoms with Gasteiger partial charge in [0, 0.05) is 64.0 Å². The largest absolute Gasteiger partial charge is 0.347 e. The van der Waals surface area contributed by atoms with Gasteiger partial charge in [-0.3, -0.25) is 0 Å². The van der Waals surface area contributed by atoms with Crippen molar-refractivity contribution in [2.45, 2.75) is 18.8 Å². The zero-order valence-corrected chi connectivity index (χ0v) is 18.2. The Morgan fingerprint density at radius 3 is 2.61 bits per heavy atom. The minimum atomic E-state index is -3.46. The van der Waals surface area contributed by atoms with Crippen molar-refractivity contribution < 1.29 is 8.42 Å². The van der Waals surface area contributed by atoms with E-state index in [0.29, 0.717) is 24.1 Å². The van der Waals surface area contributed by atoms with Crippen molar-refractivity contribution in [3.8, 4) is 11.1 Å². The van der Waals surface area contributed by atoms with E-state index in [2.05, 4.69) is 4.98 Å². The van der Waals surface area contributed by atoms with Crippen LogP contribution in [0.15, 0.2) is 30.5 Å². The maximum absolute atomic E-state index is 12.6. The van der Waals surface area contributed by atoms with Gasteiger partial charge in [-0.1, -0.05) is 23.7 Å². The summed E-state index contributed by atoms with van der Waals surface area (Å²) in [6, 6.07) is 7.58. The van der Waals surface area contributed by atoms with Crippen LogP contribution in [0, 0.1) is 0 Å². The summed E-state index contributed by atoms with van der Waals surface area (Å²) < 4.78 is 28.1. The molecule has 1 aliphatic rings. The molecule has 1 aliphatic heterocycles. The normalized spacial score (nSPS) is 18.4. The molecule has 0 N–H and O–H groups in total. The standard InChI is InChI=1S/C19H26ClN5O2S/c1-23(2)19-21-12-17(14-7-5-9-16(20)11-14)18(22-19)15-8-6-10-25(13-15)28(26,27)24(3)4/h5,7,9,11-12,15H,6,8,10,13H2,1-4H3. The maximum Gasteiger partial charge on any atom is 0.281 e. The van der Waals surface area contributed by atoms with Crippen LogP contribution < -0.4 is 4.90 Å². The molecule has 7 nitrogen and oxygen atoms in total. The van der Waals surface area contributed by atoms with Gasteiger partial charge in [0.2, 0.25) is 5.95 Å². The second kappa shape index (κ2) is 8.32. The van der Waals surface area contributed by atoms with Crippen LogP contribution in [0.25, 0.3) is 11.1 Å². The van der Waals surface area contributed by atoms with E-state index < -0.39 is 10.2 Å². The Balaban J connectivity index is 2.05. The van der Waals surface area contributed by atoms with E-state index in [-0.39, 0.29) is 5.92 Å². The number of benzene rings is 1. The Labute approximate surface area is 172 Å². The second-order valence-corrected chi connectivity index (χ2v) is 9.94. The third kappa shape index (κ3) is 4.30. The topological polar surface area (TPSA) is 69.6 Å². The van der Waals surface area contributed by atoms with E-state index in [1.807, 2.05) is 49.5 Å². The molecule has 1 saturated heterocycles. The lowest BCUT2D eigenvalue weighted by molar-refractivity contribution is 0.296. The molecule has 28 heavy (non-hydrogen) atoms. The molecule has 0 radical (unpaired) electrons. The highest BCUT2D eigenvalue weighted by Crippen LogP contribution is 2.35. The van der Waals surface area contributed by atoms with Crippen LogP contribution in [-0.2, 0) is 10.2 Å². The number of nitrogens with zero attached hydrogens (tertiary/aromatic N) is 5. The average Bonchev–Trinajstić information content (AvgIpc) is 2.67. The Hall–Kier alpha value is -1.74. The molecular weight excluding hydrogens is 398 g/mol. The van der Waals surface area contributed by atoms with Gasteiger partial charge in [-0.05, 0) is 30.5 Å². The minimum absolute atomic E-state index is 0.0147. The number of halogens is 1. The van der Waals surface area contributed by atoms with Crippen LogP contribution in [0.2, 0.25) is 5.02 Å². The summed E-state index contributed by atoms with van der Waals surface area (Å²) in [7, 11) is 3.44. The molecule has 0 amide bonds. The van der Waals surface area contributed by atoms with E-state index >= 15 is 0 Å². The van der Waals surface area contributed by atoms with Crippen LogP contribution in [0.4, 0.5) is 5.95 Å². The van der Waals surface area contributed by atoms with Gasteiger partial charge in [-0.25, -0.2) is 9.97 Å². The van der Waals surface area contributed by atoms with Crippen LogP contribution in [0.3, 0.4) is 0 Å². The summed E-state index contributed by atoms with van der Waals surface area (Å²) in [5.41, 5.74) is 2.68. The Morgan fingerprint density at radius 2 is 1.96 bits per heavy atom. The molecule has 1 aromatic heterocycles. The van der Waals surface area contributed by atoms with Crippen molar-refractivity contribution in [3.05, 3.63) is 41.2 Å². The Bertz CT molecular complexity index is 949. The molecule has 0 bridgehead atoms. The lowest BCUT2D eigenvalue weighted by Gasteiger charge is -2.34. The lowest BCUT2D eigenvalue weighted by atomic mass is 9.91. The van der Waals surface area contributed by atoms with Crippen LogP contribution in [0.5, 0.6) is 0 Å². The third-order valence-electron chi connectivity index (χ3n) is 4.90. The first-order valence-corrected chi connectivity index (χ1v) is 11.0. The van der Waals surface area contributed by atoms with E-state index in [1.165, 1.54) is 4.31 Å². The van der Waals surface area contributed by atoms with Gasteiger partial charge < -0.3 is 4.90 Å². The highest BCUT2D eigenvalue weighted by Gasteiger charge is 2.33. The molecule has 1 unspecified atom stereocenters. The fourth-order valence-electron chi connectivity index (χ4n) is 3.40. The SMILES string of the molecule is CN(C)c1ncc(-c2cccc(Cl)c2)c(C2CCCN(S(=O)(=O)N(C)C)C2)n1. The number of hydrogen-bond acceptors (Lipinski definition) is 5. The summed E-state index contributed by atoms with van der Waals surface area (Å²) >= 11 is 6.19. The maximum atomic E-state index is 12.6. The summed E-state index contributed by atoms with van der Waals surface area (Å²) in [5.74, 6) is 0.590.